The van der Waals surface area contributed by atoms with Crippen molar-refractivity contribution in [2.45, 2.75) is 25.7 Å². The fourth-order valence-electron chi connectivity index (χ4n) is 1.05. The zero-order chi connectivity index (χ0) is 11.0. The molecule has 0 atom stereocenters. The van der Waals surface area contributed by atoms with Crippen LogP contribution in [-0.4, -0.2) is 31.0 Å². The molecule has 14 heavy (non-hydrogen) atoms. The van der Waals surface area contributed by atoms with Crippen molar-refractivity contribution in [3.05, 3.63) is 12.7 Å². The van der Waals surface area contributed by atoms with E-state index >= 15 is 0 Å². The van der Waals surface area contributed by atoms with Gasteiger partial charge in [-0.25, -0.2) is 8.42 Å². The van der Waals surface area contributed by atoms with Crippen LogP contribution < -0.4 is 0 Å². The Labute approximate surface area is 84.6 Å². The third-order valence-corrected chi connectivity index (χ3v) is 3.30. The molecule has 0 unspecified atom stereocenters. The number of aliphatic carboxylic acids is 1. The van der Waals surface area contributed by atoms with E-state index in [-0.39, 0.29) is 5.75 Å². The first-order chi connectivity index (χ1) is 6.48. The second kappa shape index (κ2) is 6.59. The Morgan fingerprint density at radius 2 is 1.93 bits per heavy atom. The molecule has 0 saturated carbocycles. The Morgan fingerprint density at radius 1 is 1.29 bits per heavy atom. The van der Waals surface area contributed by atoms with Gasteiger partial charge >= 0.3 is 5.97 Å². The number of hydrogen-bond donors (Lipinski definition) is 1. The molecular formula is C9H16O4S. The summed E-state index contributed by atoms with van der Waals surface area (Å²) < 4.78 is 22.1. The monoisotopic (exact) mass is 220 g/mol. The predicted octanol–water partition coefficient (Wildman–Crippen LogP) is 1.23. The maximum atomic E-state index is 11.1. The van der Waals surface area contributed by atoms with Crippen LogP contribution in [0.5, 0.6) is 0 Å². The Morgan fingerprint density at radius 3 is 2.43 bits per heavy atom. The lowest BCUT2D eigenvalue weighted by atomic mass is 10.2. The van der Waals surface area contributed by atoms with E-state index in [1.54, 1.807) is 6.08 Å². The summed E-state index contributed by atoms with van der Waals surface area (Å²) in [5.74, 6) is -2.07. The number of allylic oxidation sites excluding steroid dienone is 1. The number of unbranched alkanes of at least 4 members (excludes halogenated alkanes) is 3. The summed E-state index contributed by atoms with van der Waals surface area (Å²) in [4.78, 5) is 10.2. The zero-order valence-corrected chi connectivity index (χ0v) is 8.92. The first-order valence-electron chi connectivity index (χ1n) is 4.51. The summed E-state index contributed by atoms with van der Waals surface area (Å²) in [6.07, 6.45) is 4.89. The molecule has 4 nitrogen and oxygen atoms in total. The summed E-state index contributed by atoms with van der Waals surface area (Å²) in [6, 6.07) is 0. The number of carbonyl (C=O) groups is 1. The fourth-order valence-corrected chi connectivity index (χ4v) is 2.21. The number of carboxylic acid groups (broad SMARTS) is 1. The van der Waals surface area contributed by atoms with Gasteiger partial charge in [0.2, 0.25) is 0 Å². The van der Waals surface area contributed by atoms with Gasteiger partial charge in [-0.2, -0.15) is 0 Å². The molecule has 0 aromatic rings. The Kier molecular flexibility index (Phi) is 6.19. The van der Waals surface area contributed by atoms with Crippen molar-refractivity contribution in [2.75, 3.05) is 11.5 Å². The first kappa shape index (κ1) is 13.2. The van der Waals surface area contributed by atoms with Gasteiger partial charge in [0.1, 0.15) is 5.75 Å². The summed E-state index contributed by atoms with van der Waals surface area (Å²) in [5, 5.41) is 8.30. The molecule has 0 saturated heterocycles. The average Bonchev–Trinajstić information content (AvgIpc) is 2.01. The van der Waals surface area contributed by atoms with Gasteiger partial charge in [-0.1, -0.05) is 12.5 Å². The van der Waals surface area contributed by atoms with Crippen LogP contribution in [0.15, 0.2) is 12.7 Å². The summed E-state index contributed by atoms with van der Waals surface area (Å²) in [7, 11) is -3.39. The van der Waals surface area contributed by atoms with Crippen molar-refractivity contribution in [3.8, 4) is 0 Å². The molecule has 0 bridgehead atoms. The molecule has 0 fully saturated rings. The van der Waals surface area contributed by atoms with Gasteiger partial charge < -0.3 is 5.11 Å². The molecule has 0 radical (unpaired) electrons. The van der Waals surface area contributed by atoms with Gasteiger partial charge in [-0.15, -0.1) is 6.58 Å². The Hall–Kier alpha value is -0.840. The van der Waals surface area contributed by atoms with E-state index in [0.717, 1.165) is 19.3 Å². The molecule has 0 aliphatic rings. The average molecular weight is 220 g/mol. The molecule has 0 amide bonds. The fraction of sp³-hybridized carbons (Fsp3) is 0.667. The van der Waals surface area contributed by atoms with Gasteiger partial charge in [-0.05, 0) is 19.3 Å². The largest absolute Gasteiger partial charge is 0.480 e. The normalized spacial score (nSPS) is 11.1. The zero-order valence-electron chi connectivity index (χ0n) is 8.11. The van der Waals surface area contributed by atoms with Crippen LogP contribution in [0.4, 0.5) is 0 Å². The van der Waals surface area contributed by atoms with Crippen molar-refractivity contribution in [1.82, 2.24) is 0 Å². The van der Waals surface area contributed by atoms with E-state index in [1.165, 1.54) is 0 Å². The van der Waals surface area contributed by atoms with E-state index < -0.39 is 21.6 Å². The highest BCUT2D eigenvalue weighted by atomic mass is 32.2. The minimum atomic E-state index is -3.39. The SMILES string of the molecule is C=CCCCCCS(=O)(=O)CC(=O)O. The molecule has 0 heterocycles. The molecule has 5 heteroatoms. The van der Waals surface area contributed by atoms with Crippen molar-refractivity contribution >= 4 is 15.8 Å². The van der Waals surface area contributed by atoms with E-state index in [9.17, 15) is 13.2 Å². The molecule has 0 aliphatic carbocycles. The molecular weight excluding hydrogens is 204 g/mol. The molecule has 1 N–H and O–H groups in total. The molecule has 0 aliphatic heterocycles. The van der Waals surface area contributed by atoms with Gasteiger partial charge in [-0.3, -0.25) is 4.79 Å². The Bertz CT molecular complexity index is 279. The van der Waals surface area contributed by atoms with Gasteiger partial charge in [0.25, 0.3) is 0 Å². The quantitative estimate of drug-likeness (QED) is 0.493. The van der Waals surface area contributed by atoms with Crippen molar-refractivity contribution < 1.29 is 18.3 Å². The standard InChI is InChI=1S/C9H16O4S/c1-2-3-4-5-6-7-14(12,13)8-9(10)11/h2H,1,3-8H2,(H,10,11). The van der Waals surface area contributed by atoms with E-state index in [4.69, 9.17) is 5.11 Å². The van der Waals surface area contributed by atoms with Crippen LogP contribution >= 0.6 is 0 Å². The topological polar surface area (TPSA) is 71.4 Å². The van der Waals surface area contributed by atoms with E-state index in [0.29, 0.717) is 6.42 Å². The highest BCUT2D eigenvalue weighted by Crippen LogP contribution is 2.03. The minimum Gasteiger partial charge on any atom is -0.480 e. The smallest absolute Gasteiger partial charge is 0.318 e. The summed E-state index contributed by atoms with van der Waals surface area (Å²) in [6.45, 7) is 3.55. The minimum absolute atomic E-state index is 0.0313. The molecule has 0 aromatic carbocycles. The number of hydrogen-bond acceptors (Lipinski definition) is 3. The Balaban J connectivity index is 3.66. The summed E-state index contributed by atoms with van der Waals surface area (Å²) >= 11 is 0. The van der Waals surface area contributed by atoms with Crippen LogP contribution in [0.2, 0.25) is 0 Å². The van der Waals surface area contributed by atoms with Crippen molar-refractivity contribution in [2.24, 2.45) is 0 Å². The van der Waals surface area contributed by atoms with E-state index in [2.05, 4.69) is 6.58 Å². The van der Waals surface area contributed by atoms with Gasteiger partial charge in [0.05, 0.1) is 5.75 Å². The molecule has 0 spiro atoms. The number of rotatable bonds is 8. The third-order valence-electron chi connectivity index (χ3n) is 1.71. The van der Waals surface area contributed by atoms with Gasteiger partial charge in [0, 0.05) is 0 Å². The van der Waals surface area contributed by atoms with Crippen LogP contribution in [-0.2, 0) is 14.6 Å². The van der Waals surface area contributed by atoms with Gasteiger partial charge in [0.15, 0.2) is 9.84 Å². The maximum Gasteiger partial charge on any atom is 0.318 e. The predicted molar refractivity (Wildman–Crippen MR) is 55.0 cm³/mol. The second-order valence-corrected chi connectivity index (χ2v) is 5.31. The van der Waals surface area contributed by atoms with Crippen LogP contribution in [0, 0.1) is 0 Å². The van der Waals surface area contributed by atoms with Crippen LogP contribution in [0.1, 0.15) is 25.7 Å². The highest BCUT2D eigenvalue weighted by molar-refractivity contribution is 7.92. The summed E-state index contributed by atoms with van der Waals surface area (Å²) in [5.41, 5.74) is 0. The first-order valence-corrected chi connectivity index (χ1v) is 6.33. The number of sulfone groups is 1. The third kappa shape index (κ3) is 7.79. The molecule has 0 rings (SSSR count). The molecule has 82 valence electrons. The lowest BCUT2D eigenvalue weighted by molar-refractivity contribution is -0.134. The lowest BCUT2D eigenvalue weighted by Gasteiger charge is -2.00. The second-order valence-electron chi connectivity index (χ2n) is 3.12. The van der Waals surface area contributed by atoms with E-state index in [1.807, 2.05) is 0 Å². The van der Waals surface area contributed by atoms with Crippen molar-refractivity contribution in [3.63, 3.8) is 0 Å². The number of carboxylic acids is 1. The maximum absolute atomic E-state index is 11.1. The van der Waals surface area contributed by atoms with Crippen LogP contribution in [0.25, 0.3) is 0 Å². The highest BCUT2D eigenvalue weighted by Gasteiger charge is 2.14. The molecule has 0 aromatic heterocycles. The van der Waals surface area contributed by atoms with Crippen LogP contribution in [0.3, 0.4) is 0 Å². The van der Waals surface area contributed by atoms with Crippen molar-refractivity contribution in [1.29, 1.82) is 0 Å². The lowest BCUT2D eigenvalue weighted by Crippen LogP contribution is -2.18.